The van der Waals surface area contributed by atoms with Gasteiger partial charge in [0.15, 0.2) is 0 Å². The molecular weight excluding hydrogens is 484 g/mol. The molecule has 0 spiro atoms. The SMILES string of the molecule is CCOC(=O)c1c(NC(=O)c2ccc(S(=O)(=O)N3CC(C)CC(C)C3)cc2)sc2c1CCC(C)C2. The molecule has 0 bridgehead atoms. The van der Waals surface area contributed by atoms with Crippen molar-refractivity contribution in [2.24, 2.45) is 17.8 Å². The number of hydrogen-bond acceptors (Lipinski definition) is 6. The van der Waals surface area contributed by atoms with Crippen LogP contribution in [0, 0.1) is 17.8 Å². The van der Waals surface area contributed by atoms with Crippen LogP contribution in [-0.2, 0) is 27.6 Å². The van der Waals surface area contributed by atoms with Crippen LogP contribution < -0.4 is 5.32 Å². The van der Waals surface area contributed by atoms with Crippen LogP contribution in [0.25, 0.3) is 0 Å². The Kier molecular flexibility index (Phi) is 7.68. The third-order valence-corrected chi connectivity index (χ3v) is 9.82. The molecule has 1 saturated heterocycles. The maximum atomic E-state index is 13.1. The summed E-state index contributed by atoms with van der Waals surface area (Å²) in [6.45, 7) is 9.36. The third kappa shape index (κ3) is 5.47. The molecule has 3 unspecified atom stereocenters. The maximum Gasteiger partial charge on any atom is 0.341 e. The molecule has 1 aliphatic carbocycles. The van der Waals surface area contributed by atoms with E-state index in [1.165, 1.54) is 35.6 Å². The standard InChI is InChI=1S/C26H34N2O5S2/c1-5-33-26(30)23-21-11-6-16(2)13-22(21)34-25(23)27-24(29)19-7-9-20(10-8-19)35(31,32)28-14-17(3)12-18(4)15-28/h7-10,16-18H,5-6,11-15H2,1-4H3,(H,27,29). The highest BCUT2D eigenvalue weighted by molar-refractivity contribution is 7.89. The molecule has 2 heterocycles. The number of hydrogen-bond donors (Lipinski definition) is 1. The maximum absolute atomic E-state index is 13.1. The lowest BCUT2D eigenvalue weighted by Gasteiger charge is -2.34. The normalized spacial score (nSPS) is 22.9. The van der Waals surface area contributed by atoms with Gasteiger partial charge < -0.3 is 10.1 Å². The molecule has 0 saturated carbocycles. The van der Waals surface area contributed by atoms with Gasteiger partial charge in [-0.2, -0.15) is 4.31 Å². The van der Waals surface area contributed by atoms with Crippen molar-refractivity contribution in [2.75, 3.05) is 25.0 Å². The summed E-state index contributed by atoms with van der Waals surface area (Å²) in [6, 6.07) is 6.03. The lowest BCUT2D eigenvalue weighted by molar-refractivity contribution is 0.0526. The molecule has 1 aromatic carbocycles. The minimum Gasteiger partial charge on any atom is -0.462 e. The topological polar surface area (TPSA) is 92.8 Å². The molecule has 4 rings (SSSR count). The molecule has 1 N–H and O–H groups in total. The number of fused-ring (bicyclic) bond motifs is 1. The molecule has 0 radical (unpaired) electrons. The Morgan fingerprint density at radius 2 is 1.74 bits per heavy atom. The Morgan fingerprint density at radius 1 is 1.09 bits per heavy atom. The van der Waals surface area contributed by atoms with Crippen LogP contribution in [0.2, 0.25) is 0 Å². The van der Waals surface area contributed by atoms with Crippen molar-refractivity contribution >= 4 is 38.2 Å². The molecule has 1 fully saturated rings. The van der Waals surface area contributed by atoms with Crippen molar-refractivity contribution in [3.05, 3.63) is 45.8 Å². The number of amides is 1. The second-order valence-electron chi connectivity index (χ2n) is 10.0. The van der Waals surface area contributed by atoms with Crippen molar-refractivity contribution in [3.63, 3.8) is 0 Å². The molecule has 1 aromatic heterocycles. The van der Waals surface area contributed by atoms with E-state index in [1.807, 2.05) is 0 Å². The predicted octanol–water partition coefficient (Wildman–Crippen LogP) is 4.97. The molecule has 1 aliphatic heterocycles. The summed E-state index contributed by atoms with van der Waals surface area (Å²) in [5, 5.41) is 3.39. The Labute approximate surface area is 211 Å². The number of anilines is 1. The number of benzene rings is 1. The van der Waals surface area contributed by atoms with Crippen LogP contribution in [-0.4, -0.2) is 44.3 Å². The first-order chi connectivity index (χ1) is 16.6. The summed E-state index contributed by atoms with van der Waals surface area (Å²) in [5.41, 5.74) is 1.77. The van der Waals surface area contributed by atoms with E-state index < -0.39 is 16.0 Å². The molecule has 7 nitrogen and oxygen atoms in total. The lowest BCUT2D eigenvalue weighted by Crippen LogP contribution is -2.42. The fraction of sp³-hybridized carbons (Fsp3) is 0.538. The number of nitrogens with zero attached hydrogens (tertiary/aromatic N) is 1. The summed E-state index contributed by atoms with van der Waals surface area (Å²) < 4.78 is 33.1. The lowest BCUT2D eigenvalue weighted by atomic mass is 9.88. The average molecular weight is 519 g/mol. The van der Waals surface area contributed by atoms with E-state index in [-0.39, 0.29) is 17.4 Å². The average Bonchev–Trinajstić information content (AvgIpc) is 3.15. The molecule has 3 atom stereocenters. The van der Waals surface area contributed by atoms with Gasteiger partial charge in [-0.25, -0.2) is 13.2 Å². The fourth-order valence-corrected chi connectivity index (χ4v) is 8.24. The minimum absolute atomic E-state index is 0.183. The van der Waals surface area contributed by atoms with Gasteiger partial charge in [-0.3, -0.25) is 4.79 Å². The highest BCUT2D eigenvalue weighted by Gasteiger charge is 2.32. The zero-order valence-corrected chi connectivity index (χ0v) is 22.4. The van der Waals surface area contributed by atoms with E-state index >= 15 is 0 Å². The largest absolute Gasteiger partial charge is 0.462 e. The van der Waals surface area contributed by atoms with Crippen LogP contribution in [0.3, 0.4) is 0 Å². The summed E-state index contributed by atoms with van der Waals surface area (Å²) in [6.07, 6.45) is 3.68. The molecule has 2 aromatic rings. The van der Waals surface area contributed by atoms with E-state index in [2.05, 4.69) is 26.1 Å². The number of nitrogens with one attached hydrogen (secondary N) is 1. The highest BCUT2D eigenvalue weighted by Crippen LogP contribution is 2.40. The van der Waals surface area contributed by atoms with Gasteiger partial charge in [0, 0.05) is 23.5 Å². The minimum atomic E-state index is -3.62. The highest BCUT2D eigenvalue weighted by atomic mass is 32.2. The zero-order chi connectivity index (χ0) is 25.3. The van der Waals surface area contributed by atoms with E-state index in [9.17, 15) is 18.0 Å². The molecule has 190 valence electrons. The number of carbonyl (C=O) groups is 2. The van der Waals surface area contributed by atoms with Gasteiger partial charge in [0.05, 0.1) is 17.1 Å². The number of carbonyl (C=O) groups excluding carboxylic acids is 2. The molecule has 9 heteroatoms. The van der Waals surface area contributed by atoms with Crippen LogP contribution >= 0.6 is 11.3 Å². The van der Waals surface area contributed by atoms with Crippen molar-refractivity contribution in [1.82, 2.24) is 4.31 Å². The summed E-state index contributed by atoms with van der Waals surface area (Å²) >= 11 is 1.43. The number of esters is 1. The van der Waals surface area contributed by atoms with E-state index in [4.69, 9.17) is 4.74 Å². The van der Waals surface area contributed by atoms with Gasteiger partial charge in [0.25, 0.3) is 5.91 Å². The summed E-state index contributed by atoms with van der Waals surface area (Å²) in [5.74, 6) is 0.353. The third-order valence-electron chi connectivity index (χ3n) is 6.81. The number of piperidine rings is 1. The van der Waals surface area contributed by atoms with Crippen molar-refractivity contribution in [3.8, 4) is 0 Å². The Bertz CT molecular complexity index is 1190. The van der Waals surface area contributed by atoms with Crippen molar-refractivity contribution < 1.29 is 22.7 Å². The first-order valence-electron chi connectivity index (χ1n) is 12.3. The smallest absolute Gasteiger partial charge is 0.341 e. The van der Waals surface area contributed by atoms with E-state index in [0.717, 1.165) is 36.1 Å². The second-order valence-corrected chi connectivity index (χ2v) is 13.1. The quantitative estimate of drug-likeness (QED) is 0.545. The molecular formula is C26H34N2O5S2. The Hall–Kier alpha value is -2.23. The summed E-state index contributed by atoms with van der Waals surface area (Å²) in [7, 11) is -3.62. The number of sulfonamides is 1. The van der Waals surface area contributed by atoms with Gasteiger partial charge in [0.1, 0.15) is 5.00 Å². The van der Waals surface area contributed by atoms with Crippen molar-refractivity contribution in [2.45, 2.75) is 58.3 Å². The van der Waals surface area contributed by atoms with Crippen molar-refractivity contribution in [1.29, 1.82) is 0 Å². The molecule has 2 aliphatic rings. The Balaban J connectivity index is 1.55. The van der Waals surface area contributed by atoms with Gasteiger partial charge in [-0.05, 0) is 80.2 Å². The van der Waals surface area contributed by atoms with Crippen LogP contribution in [0.4, 0.5) is 5.00 Å². The first-order valence-corrected chi connectivity index (χ1v) is 14.6. The van der Waals surface area contributed by atoms with E-state index in [1.54, 1.807) is 11.2 Å². The monoisotopic (exact) mass is 518 g/mol. The number of thiophene rings is 1. The van der Waals surface area contributed by atoms with Crippen LogP contribution in [0.15, 0.2) is 29.2 Å². The molecule has 35 heavy (non-hydrogen) atoms. The predicted molar refractivity (Wildman–Crippen MR) is 138 cm³/mol. The van der Waals surface area contributed by atoms with E-state index in [0.29, 0.717) is 47.0 Å². The number of ether oxygens (including phenoxy) is 1. The molecule has 1 amide bonds. The van der Waals surface area contributed by atoms with Crippen LogP contribution in [0.5, 0.6) is 0 Å². The van der Waals surface area contributed by atoms with Gasteiger partial charge >= 0.3 is 5.97 Å². The number of rotatable bonds is 6. The van der Waals surface area contributed by atoms with Gasteiger partial charge in [0.2, 0.25) is 10.0 Å². The fourth-order valence-electron chi connectivity index (χ4n) is 5.16. The summed E-state index contributed by atoms with van der Waals surface area (Å²) in [4.78, 5) is 27.1. The Morgan fingerprint density at radius 3 is 2.37 bits per heavy atom. The van der Waals surface area contributed by atoms with Crippen LogP contribution in [0.1, 0.15) is 71.7 Å². The van der Waals surface area contributed by atoms with Gasteiger partial charge in [-0.15, -0.1) is 11.3 Å². The second kappa shape index (κ2) is 10.4. The van der Waals surface area contributed by atoms with Gasteiger partial charge in [-0.1, -0.05) is 20.8 Å². The zero-order valence-electron chi connectivity index (χ0n) is 20.8. The first kappa shape index (κ1) is 25.9.